The van der Waals surface area contributed by atoms with E-state index in [0.29, 0.717) is 40.0 Å². The number of alkyl halides is 1. The average Bonchev–Trinajstić information content (AvgIpc) is 3.77. The number of nitrogen functional groups attached to an aromatic ring is 1. The summed E-state index contributed by atoms with van der Waals surface area (Å²) < 4.78 is 63.6. The van der Waals surface area contributed by atoms with Gasteiger partial charge in [-0.3, -0.25) is 4.90 Å². The van der Waals surface area contributed by atoms with Crippen LogP contribution in [-0.2, 0) is 0 Å². The Hall–Kier alpha value is -3.50. The van der Waals surface area contributed by atoms with E-state index in [0.717, 1.165) is 25.8 Å². The molecule has 9 nitrogen and oxygen atoms in total. The van der Waals surface area contributed by atoms with Gasteiger partial charge >= 0.3 is 6.01 Å². The molecule has 9 rings (SSSR count). The standard InChI is InChI=1S/C32H30ClF2N7O2S/c33-25-23(17-3-1-4-21-22(17)18(10-36)29(37)45-21)26(35)27-24-28(25)43-13-20-19-6-5-16(38-19)12-42(20)30(24)40-31(39-27)44-14-32-7-2-8-41(32)11-15(34)9-32/h1,3-4,15-16,19-20,38H,2,5-9,11-14,37H2/t15-,16-,19+,20-,32+/m1/s1/i12D2. The Morgan fingerprint density at radius 1 is 1.33 bits per heavy atom. The zero-order valence-electron chi connectivity index (χ0n) is 26.1. The number of aromatic nitrogens is 2. The molecule has 0 spiro atoms. The number of hydrogen-bond acceptors (Lipinski definition) is 10. The summed E-state index contributed by atoms with van der Waals surface area (Å²) in [7, 11) is 0. The number of piperazine rings is 1. The fourth-order valence-electron chi connectivity index (χ4n) is 8.18. The molecule has 13 heteroatoms. The van der Waals surface area contributed by atoms with Gasteiger partial charge in [-0.15, -0.1) is 11.3 Å². The smallest absolute Gasteiger partial charge is 0.319 e. The van der Waals surface area contributed by atoms with Crippen molar-refractivity contribution in [3.63, 3.8) is 0 Å². The van der Waals surface area contributed by atoms with Gasteiger partial charge in [0.25, 0.3) is 0 Å². The Morgan fingerprint density at radius 3 is 3.09 bits per heavy atom. The topological polar surface area (TPSA) is 113 Å². The largest absolute Gasteiger partial charge is 0.489 e. The molecule has 45 heavy (non-hydrogen) atoms. The highest BCUT2D eigenvalue weighted by Gasteiger charge is 2.50. The second-order valence-corrected chi connectivity index (χ2v) is 14.1. The van der Waals surface area contributed by atoms with Gasteiger partial charge < -0.3 is 25.4 Å². The van der Waals surface area contributed by atoms with Crippen molar-refractivity contribution in [3.05, 3.63) is 34.6 Å². The maximum atomic E-state index is 17.2. The molecule has 2 aromatic carbocycles. The molecule has 0 saturated carbocycles. The van der Waals surface area contributed by atoms with Gasteiger partial charge in [0.2, 0.25) is 0 Å². The minimum atomic E-state index is -1.90. The van der Waals surface area contributed by atoms with Crippen molar-refractivity contribution in [3.8, 4) is 29.0 Å². The molecule has 5 aliphatic rings. The number of halogens is 3. The number of fused-ring (bicyclic) bond motifs is 7. The number of nitrogens with one attached hydrogen (secondary N) is 1. The maximum Gasteiger partial charge on any atom is 0.319 e. The minimum absolute atomic E-state index is 0.0104. The number of nitrogens with two attached hydrogens (primary N) is 1. The first-order valence-electron chi connectivity index (χ1n) is 16.3. The number of hydrogen-bond donors (Lipinski definition) is 2. The van der Waals surface area contributed by atoms with Gasteiger partial charge in [-0.2, -0.15) is 15.2 Å². The fourth-order valence-corrected chi connectivity index (χ4v) is 9.46. The van der Waals surface area contributed by atoms with Crippen LogP contribution in [0.3, 0.4) is 0 Å². The summed E-state index contributed by atoms with van der Waals surface area (Å²) >= 11 is 8.32. The van der Waals surface area contributed by atoms with Gasteiger partial charge in [0.05, 0.1) is 30.3 Å². The number of nitriles is 1. The molecule has 0 amide bonds. The van der Waals surface area contributed by atoms with E-state index in [9.17, 15) is 12.4 Å². The fraction of sp³-hybridized carbons (Fsp3) is 0.469. The third kappa shape index (κ3) is 4.00. The van der Waals surface area contributed by atoms with Crippen molar-refractivity contribution in [2.24, 2.45) is 0 Å². The normalized spacial score (nSPS) is 30.4. The lowest BCUT2D eigenvalue weighted by molar-refractivity contribution is 0.107. The van der Waals surface area contributed by atoms with Gasteiger partial charge in [0, 0.05) is 47.2 Å². The Balaban J connectivity index is 1.28. The van der Waals surface area contributed by atoms with Crippen molar-refractivity contribution in [2.45, 2.75) is 61.9 Å². The first-order chi connectivity index (χ1) is 22.6. The monoisotopic (exact) mass is 651 g/mol. The van der Waals surface area contributed by atoms with Crippen LogP contribution in [0.4, 0.5) is 19.6 Å². The Morgan fingerprint density at radius 2 is 2.22 bits per heavy atom. The number of nitrogens with zero attached hydrogens (tertiary/aromatic N) is 5. The van der Waals surface area contributed by atoms with Crippen LogP contribution in [0, 0.1) is 17.1 Å². The molecule has 4 fully saturated rings. The highest BCUT2D eigenvalue weighted by molar-refractivity contribution is 7.23. The highest BCUT2D eigenvalue weighted by Crippen LogP contribution is 2.51. The van der Waals surface area contributed by atoms with Crippen molar-refractivity contribution in [1.82, 2.24) is 20.2 Å². The Bertz CT molecular complexity index is 2040. The summed E-state index contributed by atoms with van der Waals surface area (Å²) in [4.78, 5) is 13.1. The Labute approximate surface area is 269 Å². The van der Waals surface area contributed by atoms with Gasteiger partial charge in [0.15, 0.2) is 11.6 Å². The SMILES string of the molecule is [2H]C1([2H])[C@H]2CC[C@H](N2)[C@H]2COc3c(Cl)c(-c4cccc5sc(N)c(C#N)c45)c(F)c4nc(OC[C@@]56CCCN5C[C@H](F)C6)nc(c34)N21. The lowest BCUT2D eigenvalue weighted by Gasteiger charge is -2.40. The molecule has 5 aliphatic heterocycles. The number of rotatable bonds is 4. The molecule has 0 aliphatic carbocycles. The summed E-state index contributed by atoms with van der Waals surface area (Å²) in [5, 5.41) is 14.3. The molecule has 0 radical (unpaired) electrons. The van der Waals surface area contributed by atoms with Gasteiger partial charge in [0.1, 0.15) is 41.8 Å². The van der Waals surface area contributed by atoms with Crippen LogP contribution in [0.2, 0.25) is 5.02 Å². The van der Waals surface area contributed by atoms with E-state index in [4.69, 9.17) is 31.8 Å². The molecule has 2 bridgehead atoms. The average molecular weight is 652 g/mol. The highest BCUT2D eigenvalue weighted by atomic mass is 35.5. The van der Waals surface area contributed by atoms with E-state index in [1.54, 1.807) is 17.0 Å². The molecule has 232 valence electrons. The van der Waals surface area contributed by atoms with E-state index in [1.807, 2.05) is 6.07 Å². The van der Waals surface area contributed by atoms with Crippen LogP contribution in [0.5, 0.6) is 11.8 Å². The van der Waals surface area contributed by atoms with Crippen LogP contribution < -0.4 is 25.4 Å². The summed E-state index contributed by atoms with van der Waals surface area (Å²) in [6.45, 7) is -0.603. The third-order valence-electron chi connectivity index (χ3n) is 10.2. The van der Waals surface area contributed by atoms with Crippen molar-refractivity contribution < 1.29 is 21.0 Å². The predicted molar refractivity (Wildman–Crippen MR) is 170 cm³/mol. The predicted octanol–water partition coefficient (Wildman–Crippen LogP) is 5.41. The first-order valence-corrected chi connectivity index (χ1v) is 16.4. The van der Waals surface area contributed by atoms with Crippen molar-refractivity contribution in [1.29, 1.82) is 5.26 Å². The lowest BCUT2D eigenvalue weighted by atomic mass is 9.95. The molecular formula is C32H30ClF2N7O2S. The minimum Gasteiger partial charge on any atom is -0.489 e. The number of ether oxygens (including phenoxy) is 2. The summed E-state index contributed by atoms with van der Waals surface area (Å²) in [5.41, 5.74) is 6.12. The molecule has 4 saturated heterocycles. The zero-order valence-corrected chi connectivity index (χ0v) is 25.6. The third-order valence-corrected chi connectivity index (χ3v) is 11.5. The summed E-state index contributed by atoms with van der Waals surface area (Å²) in [6.07, 6.45) is 2.42. The van der Waals surface area contributed by atoms with E-state index in [2.05, 4.69) is 21.3 Å². The van der Waals surface area contributed by atoms with Gasteiger partial charge in [-0.05, 0) is 43.9 Å². The van der Waals surface area contributed by atoms with Crippen LogP contribution >= 0.6 is 22.9 Å². The van der Waals surface area contributed by atoms with Crippen molar-refractivity contribution in [2.75, 3.05) is 43.4 Å². The molecule has 3 N–H and O–H groups in total. The van der Waals surface area contributed by atoms with Crippen LogP contribution in [-0.4, -0.2) is 77.5 Å². The van der Waals surface area contributed by atoms with Gasteiger partial charge in [-0.25, -0.2) is 8.78 Å². The molecule has 0 unspecified atom stereocenters. The van der Waals surface area contributed by atoms with Crippen LogP contribution in [0.1, 0.15) is 40.4 Å². The number of thiophene rings is 1. The Kier molecular flexibility index (Phi) is 5.70. The maximum absolute atomic E-state index is 17.2. The first kappa shape index (κ1) is 25.7. The summed E-state index contributed by atoms with van der Waals surface area (Å²) in [6, 6.07) is 6.20. The van der Waals surface area contributed by atoms with E-state index in [-0.39, 0.29) is 63.9 Å². The summed E-state index contributed by atoms with van der Waals surface area (Å²) in [5.74, 6) is -0.505. The molecule has 2 aromatic heterocycles. The van der Waals surface area contributed by atoms with E-state index < -0.39 is 36.1 Å². The van der Waals surface area contributed by atoms with Crippen LogP contribution in [0.25, 0.3) is 32.1 Å². The van der Waals surface area contributed by atoms with Crippen LogP contribution in [0.15, 0.2) is 18.2 Å². The second kappa shape index (κ2) is 10.00. The second-order valence-electron chi connectivity index (χ2n) is 12.7. The molecule has 5 atom stereocenters. The molecular weight excluding hydrogens is 620 g/mol. The quantitative estimate of drug-likeness (QED) is 0.299. The van der Waals surface area contributed by atoms with E-state index >= 15 is 4.39 Å². The molecule has 4 aromatic rings. The number of anilines is 2. The van der Waals surface area contributed by atoms with Gasteiger partial charge in [-0.1, -0.05) is 23.7 Å². The number of benzene rings is 2. The zero-order chi connectivity index (χ0) is 32.4. The molecule has 7 heterocycles. The van der Waals surface area contributed by atoms with E-state index in [1.165, 1.54) is 11.3 Å². The van der Waals surface area contributed by atoms with Crippen molar-refractivity contribution >= 4 is 54.7 Å². The lowest BCUT2D eigenvalue weighted by Crippen LogP contribution is -2.60.